The fourth-order valence-corrected chi connectivity index (χ4v) is 2.26. The van der Waals surface area contributed by atoms with Crippen LogP contribution in [0.5, 0.6) is 0 Å². The molecule has 0 aromatic heterocycles. The van der Waals surface area contributed by atoms with E-state index < -0.39 is 0 Å². The molecule has 114 valence electrons. The molecule has 1 aliphatic heterocycles. The summed E-state index contributed by atoms with van der Waals surface area (Å²) < 4.78 is 9.90. The van der Waals surface area contributed by atoms with E-state index in [2.05, 4.69) is 0 Å². The van der Waals surface area contributed by atoms with Crippen LogP contribution >= 0.6 is 0 Å². The van der Waals surface area contributed by atoms with Gasteiger partial charge in [-0.2, -0.15) is 0 Å². The van der Waals surface area contributed by atoms with E-state index in [4.69, 9.17) is 9.47 Å². The monoisotopic (exact) mass is 292 g/mol. The fourth-order valence-electron chi connectivity index (χ4n) is 2.26. The summed E-state index contributed by atoms with van der Waals surface area (Å²) in [6.45, 7) is 3.79. The fraction of sp³-hybridized carbons (Fsp3) is 0.467. The molecule has 1 aliphatic rings. The van der Waals surface area contributed by atoms with Gasteiger partial charge in [-0.15, -0.1) is 0 Å². The zero-order chi connectivity index (χ0) is 15.2. The molecule has 1 saturated heterocycles. The first-order valence-electron chi connectivity index (χ1n) is 7.01. The van der Waals surface area contributed by atoms with Crippen molar-refractivity contribution < 1.29 is 19.1 Å². The van der Waals surface area contributed by atoms with Crippen LogP contribution in [0, 0.1) is 0 Å². The number of benzene rings is 1. The highest BCUT2D eigenvalue weighted by molar-refractivity contribution is 5.95. The Bertz CT molecular complexity index is 501. The molecule has 1 fully saturated rings. The van der Waals surface area contributed by atoms with E-state index in [9.17, 15) is 9.59 Å². The number of anilines is 2. The van der Waals surface area contributed by atoms with Crippen LogP contribution in [0.3, 0.4) is 0 Å². The molecule has 0 saturated carbocycles. The molecule has 0 aliphatic carbocycles. The van der Waals surface area contributed by atoms with Gasteiger partial charge in [-0.3, -0.25) is 9.69 Å². The van der Waals surface area contributed by atoms with Crippen LogP contribution in [-0.4, -0.2) is 45.4 Å². The maximum Gasteiger partial charge on any atom is 0.413 e. The van der Waals surface area contributed by atoms with Crippen molar-refractivity contribution in [2.45, 2.75) is 13.3 Å². The van der Waals surface area contributed by atoms with Gasteiger partial charge in [-0.25, -0.2) is 4.79 Å². The summed E-state index contributed by atoms with van der Waals surface area (Å²) >= 11 is 0. The van der Waals surface area contributed by atoms with Crippen molar-refractivity contribution in [2.24, 2.45) is 0 Å². The lowest BCUT2D eigenvalue weighted by molar-refractivity contribution is -0.125. The Morgan fingerprint density at radius 3 is 2.67 bits per heavy atom. The average molecular weight is 292 g/mol. The molecule has 0 unspecified atom stereocenters. The first-order chi connectivity index (χ1) is 10.2. The Labute approximate surface area is 124 Å². The number of rotatable bonds is 4. The van der Waals surface area contributed by atoms with Crippen LogP contribution in [0.15, 0.2) is 24.3 Å². The lowest BCUT2D eigenvalue weighted by atomic mass is 10.2. The number of morpholine rings is 1. The number of carbonyl (C=O) groups is 2. The quantitative estimate of drug-likeness (QED) is 0.852. The van der Waals surface area contributed by atoms with Gasteiger partial charge >= 0.3 is 6.09 Å². The molecule has 0 bridgehead atoms. The molecule has 21 heavy (non-hydrogen) atoms. The highest BCUT2D eigenvalue weighted by atomic mass is 16.5. The van der Waals surface area contributed by atoms with E-state index in [-0.39, 0.29) is 18.6 Å². The number of ether oxygens (including phenoxy) is 2. The van der Waals surface area contributed by atoms with E-state index in [0.717, 1.165) is 17.8 Å². The molecular formula is C15H20N2O4. The molecule has 2 rings (SSSR count). The summed E-state index contributed by atoms with van der Waals surface area (Å²) in [4.78, 5) is 26.8. The number of nitrogens with zero attached hydrogens (tertiary/aromatic N) is 2. The minimum absolute atomic E-state index is 0.0487. The predicted molar refractivity (Wildman–Crippen MR) is 79.7 cm³/mol. The second-order valence-corrected chi connectivity index (χ2v) is 4.74. The number of carbonyl (C=O) groups excluding carboxylic acids is 2. The van der Waals surface area contributed by atoms with Gasteiger partial charge in [0.1, 0.15) is 6.61 Å². The lowest BCUT2D eigenvalue weighted by Gasteiger charge is -2.27. The Morgan fingerprint density at radius 2 is 2.10 bits per heavy atom. The largest absolute Gasteiger partial charge is 0.452 e. The van der Waals surface area contributed by atoms with Gasteiger partial charge in [0.15, 0.2) is 0 Å². The third-order valence-corrected chi connectivity index (χ3v) is 3.30. The van der Waals surface area contributed by atoms with Crippen molar-refractivity contribution in [3.05, 3.63) is 24.3 Å². The molecule has 0 N–H and O–H groups in total. The zero-order valence-corrected chi connectivity index (χ0v) is 12.4. The number of amides is 2. The third kappa shape index (κ3) is 3.52. The zero-order valence-electron chi connectivity index (χ0n) is 12.4. The SMILES string of the molecule is CCCN(C(=O)OC)c1ccc(N2CCOCC2=O)cc1. The number of hydrogen-bond donors (Lipinski definition) is 0. The first-order valence-corrected chi connectivity index (χ1v) is 7.01. The molecular weight excluding hydrogens is 272 g/mol. The summed E-state index contributed by atoms with van der Waals surface area (Å²) in [5.74, 6) is -0.0487. The van der Waals surface area contributed by atoms with Crippen molar-refractivity contribution in [2.75, 3.05) is 43.2 Å². The van der Waals surface area contributed by atoms with Crippen molar-refractivity contribution in [3.63, 3.8) is 0 Å². The number of hydrogen-bond acceptors (Lipinski definition) is 4. The van der Waals surface area contributed by atoms with Gasteiger partial charge in [-0.05, 0) is 30.7 Å². The Morgan fingerprint density at radius 1 is 1.38 bits per heavy atom. The summed E-state index contributed by atoms with van der Waals surface area (Å²) in [6, 6.07) is 7.32. The molecule has 0 atom stereocenters. The topological polar surface area (TPSA) is 59.1 Å². The molecule has 6 heteroatoms. The highest BCUT2D eigenvalue weighted by Crippen LogP contribution is 2.22. The minimum atomic E-state index is -0.382. The van der Waals surface area contributed by atoms with Crippen LogP contribution in [0.2, 0.25) is 0 Å². The van der Waals surface area contributed by atoms with Crippen LogP contribution in [-0.2, 0) is 14.3 Å². The number of methoxy groups -OCH3 is 1. The Kier molecular flexibility index (Phi) is 5.16. The standard InChI is InChI=1S/C15H20N2O4/c1-3-8-17(15(19)20-2)13-6-4-12(5-7-13)16-9-10-21-11-14(16)18/h4-7H,3,8-11H2,1-2H3. The molecule has 6 nitrogen and oxygen atoms in total. The predicted octanol–water partition coefficient (Wildman–Crippen LogP) is 2.03. The van der Waals surface area contributed by atoms with Gasteiger partial charge in [0.2, 0.25) is 0 Å². The third-order valence-electron chi connectivity index (χ3n) is 3.30. The molecule has 0 spiro atoms. The van der Waals surface area contributed by atoms with Crippen LogP contribution in [0.25, 0.3) is 0 Å². The maximum absolute atomic E-state index is 11.8. The molecule has 0 radical (unpaired) electrons. The van der Waals surface area contributed by atoms with Gasteiger partial charge in [0.05, 0.1) is 13.7 Å². The Hall–Kier alpha value is -2.08. The first kappa shape index (κ1) is 15.3. The van der Waals surface area contributed by atoms with E-state index in [1.165, 1.54) is 7.11 Å². The average Bonchev–Trinajstić information content (AvgIpc) is 2.53. The molecule has 1 heterocycles. The van der Waals surface area contributed by atoms with Gasteiger partial charge in [0, 0.05) is 24.5 Å². The summed E-state index contributed by atoms with van der Waals surface area (Å²) in [5.41, 5.74) is 1.57. The normalized spacial score (nSPS) is 15.0. The lowest BCUT2D eigenvalue weighted by Crippen LogP contribution is -2.41. The minimum Gasteiger partial charge on any atom is -0.452 e. The summed E-state index contributed by atoms with van der Waals surface area (Å²) in [6.07, 6.45) is 0.450. The molecule has 2 amide bonds. The highest BCUT2D eigenvalue weighted by Gasteiger charge is 2.21. The maximum atomic E-state index is 11.8. The van der Waals surface area contributed by atoms with Crippen molar-refractivity contribution in [3.8, 4) is 0 Å². The van der Waals surface area contributed by atoms with Gasteiger partial charge < -0.3 is 14.4 Å². The summed E-state index contributed by atoms with van der Waals surface area (Å²) in [7, 11) is 1.37. The van der Waals surface area contributed by atoms with Crippen molar-refractivity contribution in [1.82, 2.24) is 0 Å². The van der Waals surface area contributed by atoms with Crippen molar-refractivity contribution >= 4 is 23.4 Å². The molecule has 1 aromatic rings. The second-order valence-electron chi connectivity index (χ2n) is 4.74. The Balaban J connectivity index is 2.16. The van der Waals surface area contributed by atoms with Crippen LogP contribution in [0.1, 0.15) is 13.3 Å². The van der Waals surface area contributed by atoms with Crippen LogP contribution in [0.4, 0.5) is 16.2 Å². The van der Waals surface area contributed by atoms with Gasteiger partial charge in [0.25, 0.3) is 5.91 Å². The van der Waals surface area contributed by atoms with Crippen LogP contribution < -0.4 is 9.80 Å². The van der Waals surface area contributed by atoms with Crippen molar-refractivity contribution in [1.29, 1.82) is 0 Å². The molecule has 1 aromatic carbocycles. The van der Waals surface area contributed by atoms with E-state index >= 15 is 0 Å². The summed E-state index contributed by atoms with van der Waals surface area (Å²) in [5, 5.41) is 0. The van der Waals surface area contributed by atoms with E-state index in [1.54, 1.807) is 9.80 Å². The van der Waals surface area contributed by atoms with E-state index in [1.807, 2.05) is 31.2 Å². The smallest absolute Gasteiger partial charge is 0.413 e. The van der Waals surface area contributed by atoms with Gasteiger partial charge in [-0.1, -0.05) is 6.92 Å². The second kappa shape index (κ2) is 7.08. The van der Waals surface area contributed by atoms with E-state index in [0.29, 0.717) is 19.7 Å².